The van der Waals surface area contributed by atoms with Gasteiger partial charge in [0.15, 0.2) is 0 Å². The third-order valence-corrected chi connectivity index (χ3v) is 5.46. The van der Waals surface area contributed by atoms with E-state index in [1.807, 2.05) is 61.5 Å². The summed E-state index contributed by atoms with van der Waals surface area (Å²) in [6.45, 7) is 2.35. The van der Waals surface area contributed by atoms with Crippen LogP contribution < -0.4 is 4.74 Å². The Bertz CT molecular complexity index is 1160. The molecular formula is C25H23NO4. The number of nitrogens with zero attached hydrogens (tertiary/aromatic N) is 1. The number of amides is 1. The number of hydrogen-bond acceptors (Lipinski definition) is 4. The van der Waals surface area contributed by atoms with E-state index in [9.17, 15) is 14.7 Å². The molecule has 4 rings (SSSR count). The number of hydrogen-bond donors (Lipinski definition) is 1. The first kappa shape index (κ1) is 19.7. The zero-order valence-corrected chi connectivity index (χ0v) is 17.0. The Hall–Kier alpha value is -3.60. The smallest absolute Gasteiger partial charge is 0.295 e. The molecule has 0 aliphatic carbocycles. The Morgan fingerprint density at radius 3 is 2.43 bits per heavy atom. The Morgan fingerprint density at radius 2 is 1.70 bits per heavy atom. The minimum atomic E-state index is -0.701. The van der Waals surface area contributed by atoms with Crippen molar-refractivity contribution in [3.63, 3.8) is 0 Å². The Morgan fingerprint density at radius 1 is 1.00 bits per heavy atom. The molecule has 1 fully saturated rings. The summed E-state index contributed by atoms with van der Waals surface area (Å²) in [6.07, 6.45) is 0.689. The van der Waals surface area contributed by atoms with Crippen LogP contribution in [0.25, 0.3) is 16.5 Å². The van der Waals surface area contributed by atoms with Crippen molar-refractivity contribution >= 4 is 28.2 Å². The zero-order chi connectivity index (χ0) is 21.3. The van der Waals surface area contributed by atoms with Gasteiger partial charge in [0.25, 0.3) is 11.7 Å². The van der Waals surface area contributed by atoms with Crippen LogP contribution in [0.1, 0.15) is 30.5 Å². The maximum absolute atomic E-state index is 13.0. The average Bonchev–Trinajstić information content (AvgIpc) is 3.03. The van der Waals surface area contributed by atoms with Gasteiger partial charge in [-0.05, 0) is 29.3 Å². The number of ketones is 1. The lowest BCUT2D eigenvalue weighted by Gasteiger charge is -2.26. The second-order valence-corrected chi connectivity index (χ2v) is 7.30. The fourth-order valence-electron chi connectivity index (χ4n) is 4.06. The molecule has 1 aliphatic heterocycles. The van der Waals surface area contributed by atoms with Crippen LogP contribution in [0.2, 0.25) is 0 Å². The summed E-state index contributed by atoms with van der Waals surface area (Å²) < 4.78 is 5.49. The molecule has 0 bridgehead atoms. The number of methoxy groups -OCH3 is 1. The number of ether oxygens (including phenoxy) is 1. The number of para-hydroxylation sites is 1. The van der Waals surface area contributed by atoms with E-state index in [1.54, 1.807) is 19.2 Å². The lowest BCUT2D eigenvalue weighted by Crippen LogP contribution is -2.30. The summed E-state index contributed by atoms with van der Waals surface area (Å²) in [5.41, 5.74) is 1.27. The summed E-state index contributed by atoms with van der Waals surface area (Å²) in [6, 6.07) is 19.9. The molecule has 1 saturated heterocycles. The van der Waals surface area contributed by atoms with Gasteiger partial charge in [-0.1, -0.05) is 61.5 Å². The third-order valence-electron chi connectivity index (χ3n) is 5.46. The summed E-state index contributed by atoms with van der Waals surface area (Å²) in [7, 11) is 1.55. The highest BCUT2D eigenvalue weighted by molar-refractivity contribution is 6.46. The number of carbonyl (C=O) groups excluding carboxylic acids is 2. The fourth-order valence-corrected chi connectivity index (χ4v) is 4.06. The van der Waals surface area contributed by atoms with E-state index in [4.69, 9.17) is 4.74 Å². The second-order valence-electron chi connectivity index (χ2n) is 7.30. The number of aliphatic hydroxyl groups is 1. The van der Waals surface area contributed by atoms with Crippen LogP contribution in [0, 0.1) is 0 Å². The molecule has 1 heterocycles. The molecule has 0 radical (unpaired) electrons. The largest absolute Gasteiger partial charge is 0.507 e. The lowest BCUT2D eigenvalue weighted by molar-refractivity contribution is -0.139. The molecule has 0 spiro atoms. The van der Waals surface area contributed by atoms with Gasteiger partial charge in [-0.25, -0.2) is 0 Å². The number of benzene rings is 3. The standard InChI is InChI=1S/C25H23NO4/c1-3-14-26-22(19-10-6-7-11-20(19)30-2)21(24(28)25(26)29)23(27)18-13-12-16-8-4-5-9-17(16)15-18/h4-13,15,22,27H,3,14H2,1-2H3/b23-21+. The number of Topliss-reactive ketones (excluding diaryl/α,β-unsaturated/α-hetero) is 1. The second kappa shape index (κ2) is 8.03. The topological polar surface area (TPSA) is 66.8 Å². The predicted molar refractivity (Wildman–Crippen MR) is 116 cm³/mol. The van der Waals surface area contributed by atoms with E-state index >= 15 is 0 Å². The normalized spacial score (nSPS) is 18.2. The molecule has 1 aliphatic rings. The molecule has 3 aromatic rings. The van der Waals surface area contributed by atoms with E-state index in [0.29, 0.717) is 29.8 Å². The summed E-state index contributed by atoms with van der Waals surface area (Å²) in [5.74, 6) is -0.886. The van der Waals surface area contributed by atoms with Gasteiger partial charge in [-0.2, -0.15) is 0 Å². The van der Waals surface area contributed by atoms with Gasteiger partial charge in [0.2, 0.25) is 0 Å². The molecule has 1 N–H and O–H groups in total. The number of carbonyl (C=O) groups is 2. The van der Waals surface area contributed by atoms with E-state index in [0.717, 1.165) is 10.8 Å². The van der Waals surface area contributed by atoms with E-state index in [1.165, 1.54) is 4.90 Å². The molecule has 1 atom stereocenters. The van der Waals surface area contributed by atoms with Gasteiger partial charge in [-0.3, -0.25) is 9.59 Å². The molecule has 5 nitrogen and oxygen atoms in total. The SMILES string of the molecule is CCCN1C(=O)C(=O)/C(=C(/O)c2ccc3ccccc3c2)C1c1ccccc1OC. The summed E-state index contributed by atoms with van der Waals surface area (Å²) >= 11 is 0. The van der Waals surface area contributed by atoms with Crippen molar-refractivity contribution in [1.29, 1.82) is 0 Å². The minimum absolute atomic E-state index is 0.0910. The van der Waals surface area contributed by atoms with Crippen molar-refractivity contribution in [1.82, 2.24) is 4.90 Å². The van der Waals surface area contributed by atoms with E-state index < -0.39 is 17.7 Å². The van der Waals surface area contributed by atoms with Gasteiger partial charge in [-0.15, -0.1) is 0 Å². The number of fused-ring (bicyclic) bond motifs is 1. The number of likely N-dealkylation sites (tertiary alicyclic amines) is 1. The van der Waals surface area contributed by atoms with Gasteiger partial charge in [0.1, 0.15) is 11.5 Å². The summed E-state index contributed by atoms with van der Waals surface area (Å²) in [5, 5.41) is 13.2. The highest BCUT2D eigenvalue weighted by atomic mass is 16.5. The van der Waals surface area contributed by atoms with Crippen molar-refractivity contribution in [3.8, 4) is 5.75 Å². The molecule has 0 aromatic heterocycles. The molecular weight excluding hydrogens is 378 g/mol. The van der Waals surface area contributed by atoms with E-state index in [-0.39, 0.29) is 11.3 Å². The molecule has 0 saturated carbocycles. The monoisotopic (exact) mass is 401 g/mol. The first-order chi connectivity index (χ1) is 14.6. The molecule has 3 aromatic carbocycles. The van der Waals surface area contributed by atoms with Crippen molar-refractivity contribution in [3.05, 3.63) is 83.4 Å². The molecule has 1 unspecified atom stereocenters. The number of rotatable bonds is 5. The van der Waals surface area contributed by atoms with Gasteiger partial charge in [0.05, 0.1) is 18.7 Å². The minimum Gasteiger partial charge on any atom is -0.507 e. The van der Waals surface area contributed by atoms with Crippen LogP contribution in [0.3, 0.4) is 0 Å². The predicted octanol–water partition coefficient (Wildman–Crippen LogP) is 4.68. The highest BCUT2D eigenvalue weighted by Gasteiger charge is 2.46. The van der Waals surface area contributed by atoms with Crippen molar-refractivity contribution in [2.75, 3.05) is 13.7 Å². The third kappa shape index (κ3) is 3.22. The van der Waals surface area contributed by atoms with Crippen LogP contribution in [0.15, 0.2) is 72.3 Å². The fraction of sp³-hybridized carbons (Fsp3) is 0.200. The maximum Gasteiger partial charge on any atom is 0.295 e. The Kier molecular flexibility index (Phi) is 5.27. The molecule has 152 valence electrons. The molecule has 5 heteroatoms. The van der Waals surface area contributed by atoms with Crippen molar-refractivity contribution in [2.45, 2.75) is 19.4 Å². The van der Waals surface area contributed by atoms with Crippen molar-refractivity contribution < 1.29 is 19.4 Å². The van der Waals surface area contributed by atoms with Crippen LogP contribution >= 0.6 is 0 Å². The molecule has 1 amide bonds. The van der Waals surface area contributed by atoms with Crippen LogP contribution in [-0.2, 0) is 9.59 Å². The zero-order valence-electron chi connectivity index (χ0n) is 17.0. The van der Waals surface area contributed by atoms with Gasteiger partial charge < -0.3 is 14.7 Å². The van der Waals surface area contributed by atoms with Crippen LogP contribution in [0.4, 0.5) is 0 Å². The van der Waals surface area contributed by atoms with Gasteiger partial charge >= 0.3 is 0 Å². The first-order valence-electron chi connectivity index (χ1n) is 9.97. The first-order valence-corrected chi connectivity index (χ1v) is 9.97. The van der Waals surface area contributed by atoms with Gasteiger partial charge in [0, 0.05) is 17.7 Å². The van der Waals surface area contributed by atoms with Crippen LogP contribution in [0.5, 0.6) is 5.75 Å². The summed E-state index contributed by atoms with van der Waals surface area (Å²) in [4.78, 5) is 27.4. The average molecular weight is 401 g/mol. The Balaban J connectivity index is 1.93. The number of aliphatic hydroxyl groups excluding tert-OH is 1. The van der Waals surface area contributed by atoms with E-state index in [2.05, 4.69) is 0 Å². The lowest BCUT2D eigenvalue weighted by atomic mass is 9.94. The highest BCUT2D eigenvalue weighted by Crippen LogP contribution is 2.42. The maximum atomic E-state index is 13.0. The van der Waals surface area contributed by atoms with Crippen LogP contribution in [-0.4, -0.2) is 35.4 Å². The van der Waals surface area contributed by atoms with Crippen molar-refractivity contribution in [2.24, 2.45) is 0 Å². The quantitative estimate of drug-likeness (QED) is 0.383. The molecule has 30 heavy (non-hydrogen) atoms. The Labute approximate surface area is 175 Å².